The molecule has 0 aliphatic heterocycles. The summed E-state index contributed by atoms with van der Waals surface area (Å²) in [5.41, 5.74) is 6.48. The van der Waals surface area contributed by atoms with Crippen molar-refractivity contribution < 1.29 is 9.18 Å². The second-order valence-electron chi connectivity index (χ2n) is 13.6. The van der Waals surface area contributed by atoms with Gasteiger partial charge in [0.05, 0.1) is 39.2 Å². The van der Waals surface area contributed by atoms with Crippen LogP contribution in [0, 0.1) is 5.82 Å². The number of nitrogens with zero attached hydrogens (tertiary/aromatic N) is 4. The molecule has 0 atom stereocenters. The summed E-state index contributed by atoms with van der Waals surface area (Å²) in [6.07, 6.45) is 9.10. The lowest BCUT2D eigenvalue weighted by Crippen LogP contribution is -2.38. The van der Waals surface area contributed by atoms with Gasteiger partial charge in [-0.1, -0.05) is 126 Å². The zero-order valence-electron chi connectivity index (χ0n) is 28.8. The molecule has 0 spiro atoms. The van der Waals surface area contributed by atoms with Crippen molar-refractivity contribution in [1.82, 2.24) is 24.5 Å². The SMILES string of the molecule is O=C(NC1(c2ccc(Cl)c(Cl)c2)CC1)c1ccc(-c2cnc3ccc(-c4cnn(C(c5ccccc5)(c5ccccc5)c5ccccc5)c4)cn23)cc1F. The Morgan fingerprint density at radius 3 is 1.91 bits per heavy atom. The van der Waals surface area contributed by atoms with E-state index in [1.807, 2.05) is 57.9 Å². The smallest absolute Gasteiger partial charge is 0.254 e. The normalized spacial score (nSPS) is 13.5. The van der Waals surface area contributed by atoms with Crippen molar-refractivity contribution in [3.05, 3.63) is 208 Å². The number of rotatable bonds is 9. The standard InChI is InChI=1S/C45H32Cl2FN5O/c46-38-20-18-36(25-39(38)47)44(22-23-44)51-43(54)37-19-16-30(24-40(37)48)41-27-49-42-21-17-31(28-52(41)42)32-26-50-53(29-32)45(33-10-4-1-5-11-33,34-12-6-2-7-13-34)35-14-8-3-9-15-35/h1-21,24-29H,22-23H2,(H,51,54). The number of fused-ring (bicyclic) bond motifs is 1. The molecule has 6 nitrogen and oxygen atoms in total. The van der Waals surface area contributed by atoms with Crippen molar-refractivity contribution in [1.29, 1.82) is 0 Å². The molecular formula is C45H32Cl2FN5O. The molecular weight excluding hydrogens is 716 g/mol. The third-order valence-corrected chi connectivity index (χ3v) is 11.2. The highest BCUT2D eigenvalue weighted by Crippen LogP contribution is 2.47. The minimum atomic E-state index is -0.751. The van der Waals surface area contributed by atoms with Gasteiger partial charge in [0.1, 0.15) is 17.0 Å². The molecule has 0 unspecified atom stereocenters. The van der Waals surface area contributed by atoms with Gasteiger partial charge in [-0.25, -0.2) is 9.37 Å². The topological polar surface area (TPSA) is 64.2 Å². The van der Waals surface area contributed by atoms with E-state index in [4.69, 9.17) is 28.3 Å². The van der Waals surface area contributed by atoms with Crippen LogP contribution in [-0.2, 0) is 11.1 Å². The number of carbonyl (C=O) groups is 1. The van der Waals surface area contributed by atoms with Crippen LogP contribution in [0.2, 0.25) is 10.0 Å². The maximum absolute atomic E-state index is 15.7. The second kappa shape index (κ2) is 13.4. The summed E-state index contributed by atoms with van der Waals surface area (Å²) in [6.45, 7) is 0. The van der Waals surface area contributed by atoms with E-state index >= 15 is 4.39 Å². The first-order valence-electron chi connectivity index (χ1n) is 17.6. The van der Waals surface area contributed by atoms with Crippen LogP contribution in [0.3, 0.4) is 0 Å². The lowest BCUT2D eigenvalue weighted by atomic mass is 9.77. The van der Waals surface area contributed by atoms with Crippen molar-refractivity contribution >= 4 is 34.8 Å². The number of nitrogens with one attached hydrogen (secondary N) is 1. The van der Waals surface area contributed by atoms with Crippen LogP contribution >= 0.6 is 23.2 Å². The molecule has 9 heteroatoms. The Kier molecular flexibility index (Phi) is 8.41. The summed E-state index contributed by atoms with van der Waals surface area (Å²) in [4.78, 5) is 18.0. The molecule has 1 fully saturated rings. The number of carbonyl (C=O) groups excluding carboxylic acids is 1. The van der Waals surface area contributed by atoms with Gasteiger partial charge in [-0.3, -0.25) is 13.9 Å². The predicted molar refractivity (Wildman–Crippen MR) is 211 cm³/mol. The van der Waals surface area contributed by atoms with E-state index < -0.39 is 22.8 Å². The number of hydrogen-bond donors (Lipinski definition) is 1. The molecule has 1 saturated carbocycles. The maximum atomic E-state index is 15.7. The molecule has 3 aromatic heterocycles. The van der Waals surface area contributed by atoms with Crippen LogP contribution in [0.1, 0.15) is 45.5 Å². The molecule has 0 radical (unpaired) electrons. The fraction of sp³-hybridized carbons (Fsp3) is 0.0889. The molecule has 1 amide bonds. The molecule has 0 saturated heterocycles. The summed E-state index contributed by atoms with van der Waals surface area (Å²) in [7, 11) is 0. The molecule has 8 aromatic rings. The van der Waals surface area contributed by atoms with Crippen molar-refractivity contribution in [2.45, 2.75) is 23.9 Å². The van der Waals surface area contributed by atoms with Gasteiger partial charge in [-0.05, 0) is 71.5 Å². The minimum Gasteiger partial charge on any atom is -0.342 e. The van der Waals surface area contributed by atoms with E-state index in [9.17, 15) is 4.79 Å². The Morgan fingerprint density at radius 2 is 1.31 bits per heavy atom. The van der Waals surface area contributed by atoms with E-state index in [1.54, 1.807) is 24.4 Å². The highest BCUT2D eigenvalue weighted by atomic mass is 35.5. The van der Waals surface area contributed by atoms with Gasteiger partial charge in [0.2, 0.25) is 0 Å². The number of amides is 1. The quantitative estimate of drug-likeness (QED) is 0.150. The number of pyridine rings is 1. The summed E-state index contributed by atoms with van der Waals surface area (Å²) in [6, 6.07) is 45.1. The largest absolute Gasteiger partial charge is 0.342 e. The maximum Gasteiger partial charge on any atom is 0.254 e. The van der Waals surface area contributed by atoms with Crippen molar-refractivity contribution in [2.24, 2.45) is 0 Å². The molecule has 5 aromatic carbocycles. The van der Waals surface area contributed by atoms with Crippen LogP contribution in [0.25, 0.3) is 28.0 Å². The fourth-order valence-electron chi connectivity index (χ4n) is 7.50. The number of imidazole rings is 1. The van der Waals surface area contributed by atoms with Gasteiger partial charge < -0.3 is 5.32 Å². The second-order valence-corrected chi connectivity index (χ2v) is 14.4. The van der Waals surface area contributed by atoms with Gasteiger partial charge in [0.15, 0.2) is 0 Å². The molecule has 1 aliphatic carbocycles. The number of halogens is 3. The van der Waals surface area contributed by atoms with Gasteiger partial charge >= 0.3 is 0 Å². The number of hydrogen-bond acceptors (Lipinski definition) is 3. The van der Waals surface area contributed by atoms with E-state index in [0.717, 1.165) is 46.2 Å². The molecule has 1 N–H and O–H groups in total. The van der Waals surface area contributed by atoms with E-state index in [0.29, 0.717) is 26.9 Å². The minimum absolute atomic E-state index is 0.0364. The van der Waals surface area contributed by atoms with Gasteiger partial charge in [0.25, 0.3) is 5.91 Å². The Bertz CT molecular complexity index is 2560. The summed E-state index contributed by atoms with van der Waals surface area (Å²) in [5, 5.41) is 8.92. The number of benzene rings is 5. The summed E-state index contributed by atoms with van der Waals surface area (Å²) < 4.78 is 19.7. The lowest BCUT2D eigenvalue weighted by Gasteiger charge is -2.36. The first-order valence-corrected chi connectivity index (χ1v) is 18.4. The lowest BCUT2D eigenvalue weighted by molar-refractivity contribution is 0.0926. The van der Waals surface area contributed by atoms with E-state index in [2.05, 4.69) is 89.3 Å². The van der Waals surface area contributed by atoms with Crippen LogP contribution in [0.15, 0.2) is 164 Å². The Morgan fingerprint density at radius 1 is 0.685 bits per heavy atom. The zero-order valence-corrected chi connectivity index (χ0v) is 30.3. The first-order chi connectivity index (χ1) is 26.4. The average molecular weight is 749 g/mol. The molecule has 3 heterocycles. The Balaban J connectivity index is 1.06. The fourth-order valence-corrected chi connectivity index (χ4v) is 7.80. The third-order valence-electron chi connectivity index (χ3n) is 10.4. The molecule has 0 bridgehead atoms. The van der Waals surface area contributed by atoms with Gasteiger partial charge in [0, 0.05) is 29.1 Å². The molecule has 54 heavy (non-hydrogen) atoms. The predicted octanol–water partition coefficient (Wildman–Crippen LogP) is 10.6. The van der Waals surface area contributed by atoms with Gasteiger partial charge in [-0.15, -0.1) is 0 Å². The van der Waals surface area contributed by atoms with Crippen LogP contribution in [0.4, 0.5) is 4.39 Å². The zero-order chi connectivity index (χ0) is 36.9. The monoisotopic (exact) mass is 747 g/mol. The summed E-state index contributed by atoms with van der Waals surface area (Å²) >= 11 is 12.4. The Hall–Kier alpha value is -6.02. The van der Waals surface area contributed by atoms with E-state index in [-0.39, 0.29) is 5.56 Å². The molecule has 9 rings (SSSR count). The molecule has 264 valence electrons. The van der Waals surface area contributed by atoms with Crippen molar-refractivity contribution in [3.63, 3.8) is 0 Å². The van der Waals surface area contributed by atoms with Crippen molar-refractivity contribution in [3.8, 4) is 22.4 Å². The third kappa shape index (κ3) is 5.77. The Labute approximate surface area is 321 Å². The van der Waals surface area contributed by atoms with E-state index in [1.165, 1.54) is 12.1 Å². The highest BCUT2D eigenvalue weighted by molar-refractivity contribution is 6.42. The van der Waals surface area contributed by atoms with Crippen molar-refractivity contribution in [2.75, 3.05) is 0 Å². The average Bonchev–Trinajstić information content (AvgIpc) is 3.60. The van der Waals surface area contributed by atoms with Crippen LogP contribution in [-0.4, -0.2) is 25.1 Å². The summed E-state index contributed by atoms with van der Waals surface area (Å²) in [5.74, 6) is -1.11. The molecule has 1 aliphatic rings. The number of aromatic nitrogens is 4. The van der Waals surface area contributed by atoms with Gasteiger partial charge in [-0.2, -0.15) is 5.10 Å². The first kappa shape index (κ1) is 33.8. The highest BCUT2D eigenvalue weighted by Gasteiger charge is 2.46. The van der Waals surface area contributed by atoms with Crippen LogP contribution < -0.4 is 5.32 Å². The van der Waals surface area contributed by atoms with Crippen LogP contribution in [0.5, 0.6) is 0 Å².